The lowest BCUT2D eigenvalue weighted by Crippen LogP contribution is -2.36. The van der Waals surface area contributed by atoms with Crippen molar-refractivity contribution in [2.45, 2.75) is 38.4 Å². The van der Waals surface area contributed by atoms with Crippen LogP contribution >= 0.6 is 23.1 Å². The molecule has 8 heteroatoms. The van der Waals surface area contributed by atoms with Crippen LogP contribution in [0.15, 0.2) is 12.4 Å². The minimum Gasteiger partial charge on any atom is -0.337 e. The maximum absolute atomic E-state index is 6.24. The average Bonchev–Trinajstić information content (AvgIpc) is 2.86. The minimum atomic E-state index is 0.479. The van der Waals surface area contributed by atoms with Gasteiger partial charge in [0.2, 0.25) is 0 Å². The molecule has 0 bridgehead atoms. The molecule has 0 amide bonds. The molecule has 4 rings (SSSR count). The van der Waals surface area contributed by atoms with E-state index in [2.05, 4.69) is 29.4 Å². The Morgan fingerprint density at radius 1 is 1.43 bits per heavy atom. The zero-order chi connectivity index (χ0) is 15.9. The zero-order valence-corrected chi connectivity index (χ0v) is 14.8. The van der Waals surface area contributed by atoms with Crippen LogP contribution in [0.5, 0.6) is 0 Å². The largest absolute Gasteiger partial charge is 0.337 e. The van der Waals surface area contributed by atoms with Gasteiger partial charge in [-0.15, -0.1) is 5.10 Å². The molecule has 2 aliphatic rings. The van der Waals surface area contributed by atoms with Crippen LogP contribution in [0.2, 0.25) is 4.34 Å². The molecule has 2 aromatic heterocycles. The molecule has 2 fully saturated rings. The lowest BCUT2D eigenvalue weighted by molar-refractivity contribution is 0.181. The number of aryl methyl sites for hydroxylation is 1. The van der Waals surface area contributed by atoms with Gasteiger partial charge in [-0.3, -0.25) is 4.90 Å². The van der Waals surface area contributed by atoms with Crippen molar-refractivity contribution in [1.29, 1.82) is 0 Å². The van der Waals surface area contributed by atoms with Gasteiger partial charge in [-0.2, -0.15) is 0 Å². The van der Waals surface area contributed by atoms with E-state index < -0.39 is 0 Å². The van der Waals surface area contributed by atoms with Crippen molar-refractivity contribution in [2.24, 2.45) is 12.5 Å². The maximum atomic E-state index is 6.24. The summed E-state index contributed by atoms with van der Waals surface area (Å²) in [6, 6.07) is 0.596. The number of imidazole rings is 1. The highest BCUT2D eigenvalue weighted by Crippen LogP contribution is 2.56. The Bertz CT molecular complexity index is 635. The van der Waals surface area contributed by atoms with E-state index in [-0.39, 0.29) is 0 Å². The van der Waals surface area contributed by atoms with E-state index in [4.69, 9.17) is 11.6 Å². The Hall–Kier alpha value is -1.02. The first-order valence-electron chi connectivity index (χ1n) is 8.06. The monoisotopic (exact) mass is 352 g/mol. The van der Waals surface area contributed by atoms with Crippen molar-refractivity contribution in [3.8, 4) is 0 Å². The first-order chi connectivity index (χ1) is 11.2. The first kappa shape index (κ1) is 15.5. The summed E-state index contributed by atoms with van der Waals surface area (Å²) in [5.41, 5.74) is 1.37. The van der Waals surface area contributed by atoms with Gasteiger partial charge >= 0.3 is 0 Å². The molecule has 1 N–H and O–H groups in total. The number of nitrogens with zero attached hydrogens (tertiary/aromatic N) is 5. The van der Waals surface area contributed by atoms with Crippen LogP contribution in [0.3, 0.4) is 0 Å². The third-order valence-corrected chi connectivity index (χ3v) is 6.30. The quantitative estimate of drug-likeness (QED) is 0.892. The van der Waals surface area contributed by atoms with E-state index in [9.17, 15) is 0 Å². The lowest BCUT2D eigenvalue weighted by Gasteiger charge is -2.29. The van der Waals surface area contributed by atoms with Crippen LogP contribution < -0.4 is 5.32 Å². The molecule has 1 aliphatic heterocycles. The summed E-state index contributed by atoms with van der Waals surface area (Å²) in [7, 11) is 2.05. The molecule has 0 radical (unpaired) electrons. The Morgan fingerprint density at radius 2 is 2.26 bits per heavy atom. The van der Waals surface area contributed by atoms with Crippen LogP contribution in [0, 0.1) is 5.41 Å². The molecule has 2 aromatic rings. The molecule has 1 aliphatic carbocycles. The van der Waals surface area contributed by atoms with Gasteiger partial charge in [0.25, 0.3) is 0 Å². The van der Waals surface area contributed by atoms with Crippen molar-refractivity contribution in [2.75, 3.05) is 13.1 Å². The number of rotatable bonds is 5. The molecular weight excluding hydrogens is 332 g/mol. The summed E-state index contributed by atoms with van der Waals surface area (Å²) >= 11 is 7.50. The summed E-state index contributed by atoms with van der Waals surface area (Å²) in [6.07, 6.45) is 7.65. The SMILES string of the molecule is Cn1ccnc1CN(Cc1nnsc1Cl)[C@H]1CC12CCNCC2. The zero-order valence-electron chi connectivity index (χ0n) is 13.2. The molecule has 23 heavy (non-hydrogen) atoms. The molecule has 1 atom stereocenters. The van der Waals surface area contributed by atoms with Gasteiger partial charge in [-0.1, -0.05) is 16.1 Å². The molecule has 1 saturated carbocycles. The molecule has 124 valence electrons. The Balaban J connectivity index is 1.54. The summed E-state index contributed by atoms with van der Waals surface area (Å²) < 4.78 is 6.77. The normalized spacial score (nSPS) is 22.8. The number of hydrogen-bond acceptors (Lipinski definition) is 6. The molecule has 0 unspecified atom stereocenters. The van der Waals surface area contributed by atoms with Crippen LogP contribution in [0.25, 0.3) is 0 Å². The number of piperidine rings is 1. The van der Waals surface area contributed by atoms with E-state index >= 15 is 0 Å². The highest BCUT2D eigenvalue weighted by atomic mass is 35.5. The Labute approximate surface area is 145 Å². The molecule has 0 aromatic carbocycles. The van der Waals surface area contributed by atoms with Crippen LogP contribution in [-0.2, 0) is 20.1 Å². The summed E-state index contributed by atoms with van der Waals surface area (Å²) in [4.78, 5) is 6.99. The highest BCUT2D eigenvalue weighted by Gasteiger charge is 2.56. The fraction of sp³-hybridized carbons (Fsp3) is 0.667. The van der Waals surface area contributed by atoms with E-state index in [0.717, 1.165) is 37.7 Å². The number of halogens is 1. The molecule has 3 heterocycles. The van der Waals surface area contributed by atoms with E-state index in [1.54, 1.807) is 0 Å². The van der Waals surface area contributed by atoms with E-state index in [1.807, 2.05) is 19.4 Å². The smallest absolute Gasteiger partial charge is 0.138 e. The molecule has 1 saturated heterocycles. The fourth-order valence-corrected chi connectivity index (χ4v) is 4.41. The van der Waals surface area contributed by atoms with E-state index in [0.29, 0.717) is 15.8 Å². The molecular formula is C15H21ClN6S. The third-order valence-electron chi connectivity index (χ3n) is 5.31. The second-order valence-corrected chi connectivity index (χ2v) is 8.04. The summed E-state index contributed by atoms with van der Waals surface area (Å²) in [6.45, 7) is 3.84. The van der Waals surface area contributed by atoms with Crippen molar-refractivity contribution in [3.05, 3.63) is 28.2 Å². The van der Waals surface area contributed by atoms with Gasteiger partial charge in [0.05, 0.1) is 6.54 Å². The summed E-state index contributed by atoms with van der Waals surface area (Å²) in [5.74, 6) is 1.08. The number of nitrogens with one attached hydrogen (secondary N) is 1. The van der Waals surface area contributed by atoms with Crippen molar-refractivity contribution in [1.82, 2.24) is 29.4 Å². The van der Waals surface area contributed by atoms with Gasteiger partial charge in [-0.05, 0) is 37.8 Å². The Kier molecular flexibility index (Phi) is 4.13. The van der Waals surface area contributed by atoms with Crippen molar-refractivity contribution < 1.29 is 0 Å². The maximum Gasteiger partial charge on any atom is 0.138 e. The van der Waals surface area contributed by atoms with Gasteiger partial charge in [0.1, 0.15) is 15.9 Å². The average molecular weight is 353 g/mol. The van der Waals surface area contributed by atoms with Crippen LogP contribution in [-0.4, -0.2) is 43.2 Å². The van der Waals surface area contributed by atoms with Gasteiger partial charge in [0.15, 0.2) is 0 Å². The van der Waals surface area contributed by atoms with Gasteiger partial charge < -0.3 is 9.88 Å². The van der Waals surface area contributed by atoms with Gasteiger partial charge in [0, 0.05) is 43.6 Å². The van der Waals surface area contributed by atoms with Crippen LogP contribution in [0.4, 0.5) is 0 Å². The molecule has 1 spiro atoms. The fourth-order valence-electron chi connectivity index (χ4n) is 3.80. The summed E-state index contributed by atoms with van der Waals surface area (Å²) in [5, 5.41) is 7.68. The van der Waals surface area contributed by atoms with Crippen molar-refractivity contribution in [3.63, 3.8) is 0 Å². The lowest BCUT2D eigenvalue weighted by atomic mass is 9.93. The Morgan fingerprint density at radius 3 is 2.91 bits per heavy atom. The van der Waals surface area contributed by atoms with Crippen LogP contribution in [0.1, 0.15) is 30.8 Å². The topological polar surface area (TPSA) is 58.9 Å². The van der Waals surface area contributed by atoms with Gasteiger partial charge in [-0.25, -0.2) is 4.98 Å². The standard InChI is InChI=1S/C15H21ClN6S/c1-21-7-6-18-13(21)10-22(9-11-14(16)23-20-19-11)12-8-15(12)2-4-17-5-3-15/h6-7,12,17H,2-5,8-10H2,1H3/t12-/m0/s1. The second-order valence-electron chi connectivity index (χ2n) is 6.68. The second kappa shape index (κ2) is 6.12. The minimum absolute atomic E-state index is 0.479. The van der Waals surface area contributed by atoms with E-state index in [1.165, 1.54) is 30.8 Å². The number of hydrogen-bond donors (Lipinski definition) is 1. The predicted molar refractivity (Wildman–Crippen MR) is 90.3 cm³/mol. The third kappa shape index (κ3) is 3.03. The number of aromatic nitrogens is 4. The first-order valence-corrected chi connectivity index (χ1v) is 9.21. The highest BCUT2D eigenvalue weighted by molar-refractivity contribution is 7.10. The molecule has 6 nitrogen and oxygen atoms in total. The predicted octanol–water partition coefficient (Wildman–Crippen LogP) is 2.07. The van der Waals surface area contributed by atoms with Crippen molar-refractivity contribution >= 4 is 23.1 Å².